The first-order valence-electron chi connectivity index (χ1n) is 10.2. The molecule has 1 aliphatic carbocycles. The van der Waals surface area contributed by atoms with E-state index < -0.39 is 0 Å². The molecule has 8 heteroatoms. The molecule has 8 nitrogen and oxygen atoms in total. The molecule has 1 aromatic carbocycles. The van der Waals surface area contributed by atoms with Crippen molar-refractivity contribution >= 4 is 23.0 Å². The molecular weight excluding hydrogens is 382 g/mol. The van der Waals surface area contributed by atoms with Gasteiger partial charge in [-0.25, -0.2) is 9.97 Å². The predicted octanol–water partition coefficient (Wildman–Crippen LogP) is 3.40. The third-order valence-corrected chi connectivity index (χ3v) is 5.39. The summed E-state index contributed by atoms with van der Waals surface area (Å²) >= 11 is 0. The number of rotatable bonds is 6. The average molecular weight is 407 g/mol. The SMILES string of the molecule is CC[C@H](C)NC(=O)c1c[nH]c2ncc(Oc3ccc4c(c3)[C@H](NC(C)=O)CC4)nc12. The van der Waals surface area contributed by atoms with Crippen molar-refractivity contribution in [1.82, 2.24) is 25.6 Å². The number of benzene rings is 1. The van der Waals surface area contributed by atoms with E-state index in [2.05, 4.69) is 25.6 Å². The van der Waals surface area contributed by atoms with E-state index in [0.29, 0.717) is 28.4 Å². The van der Waals surface area contributed by atoms with Gasteiger partial charge in [-0.1, -0.05) is 13.0 Å². The summed E-state index contributed by atoms with van der Waals surface area (Å²) in [5.74, 6) is 0.665. The highest BCUT2D eigenvalue weighted by Crippen LogP contribution is 2.35. The second-order valence-corrected chi connectivity index (χ2v) is 7.65. The third-order valence-electron chi connectivity index (χ3n) is 5.39. The number of ether oxygens (including phenoxy) is 1. The van der Waals surface area contributed by atoms with Crippen molar-refractivity contribution in [3.63, 3.8) is 0 Å². The van der Waals surface area contributed by atoms with Crippen LogP contribution in [0, 0.1) is 0 Å². The Kier molecular flexibility index (Phi) is 5.39. The highest BCUT2D eigenvalue weighted by molar-refractivity contribution is 6.04. The number of nitrogens with zero attached hydrogens (tertiary/aromatic N) is 2. The number of nitrogens with one attached hydrogen (secondary N) is 3. The van der Waals surface area contributed by atoms with Crippen molar-refractivity contribution in [2.75, 3.05) is 0 Å². The van der Waals surface area contributed by atoms with Gasteiger partial charge in [0, 0.05) is 19.2 Å². The first kappa shape index (κ1) is 19.9. The Morgan fingerprint density at radius 3 is 2.97 bits per heavy atom. The van der Waals surface area contributed by atoms with E-state index in [0.717, 1.165) is 24.8 Å². The van der Waals surface area contributed by atoms with Crippen molar-refractivity contribution in [3.8, 4) is 11.6 Å². The normalized spacial score (nSPS) is 16.2. The Bertz CT molecular complexity index is 1110. The van der Waals surface area contributed by atoms with Crippen molar-refractivity contribution in [2.45, 2.75) is 52.1 Å². The molecule has 0 fully saturated rings. The molecule has 0 saturated carbocycles. The van der Waals surface area contributed by atoms with Gasteiger partial charge in [-0.05, 0) is 49.4 Å². The van der Waals surface area contributed by atoms with E-state index in [1.807, 2.05) is 32.0 Å². The van der Waals surface area contributed by atoms with E-state index in [1.165, 1.54) is 18.7 Å². The van der Waals surface area contributed by atoms with E-state index in [-0.39, 0.29) is 23.9 Å². The quantitative estimate of drug-likeness (QED) is 0.580. The van der Waals surface area contributed by atoms with Gasteiger partial charge >= 0.3 is 0 Å². The molecule has 0 radical (unpaired) electrons. The molecule has 3 aromatic rings. The second-order valence-electron chi connectivity index (χ2n) is 7.65. The van der Waals surface area contributed by atoms with Crippen LogP contribution in [0.3, 0.4) is 0 Å². The smallest absolute Gasteiger partial charge is 0.255 e. The van der Waals surface area contributed by atoms with Crippen LogP contribution in [0.5, 0.6) is 11.6 Å². The van der Waals surface area contributed by atoms with Gasteiger partial charge < -0.3 is 20.4 Å². The van der Waals surface area contributed by atoms with Gasteiger partial charge in [0.2, 0.25) is 11.8 Å². The van der Waals surface area contributed by atoms with Gasteiger partial charge in [-0.2, -0.15) is 0 Å². The first-order chi connectivity index (χ1) is 14.4. The first-order valence-corrected chi connectivity index (χ1v) is 10.2. The van der Waals surface area contributed by atoms with Gasteiger partial charge in [-0.15, -0.1) is 0 Å². The molecule has 1 aliphatic rings. The zero-order chi connectivity index (χ0) is 21.3. The zero-order valence-corrected chi connectivity index (χ0v) is 17.3. The number of carbonyl (C=O) groups is 2. The van der Waals surface area contributed by atoms with Crippen LogP contribution in [-0.2, 0) is 11.2 Å². The lowest BCUT2D eigenvalue weighted by Gasteiger charge is -2.14. The monoisotopic (exact) mass is 407 g/mol. The summed E-state index contributed by atoms with van der Waals surface area (Å²) in [6.07, 6.45) is 5.77. The molecule has 2 amide bonds. The van der Waals surface area contributed by atoms with Gasteiger partial charge in [0.15, 0.2) is 5.65 Å². The highest BCUT2D eigenvalue weighted by atomic mass is 16.5. The average Bonchev–Trinajstić information content (AvgIpc) is 3.31. The lowest BCUT2D eigenvalue weighted by molar-refractivity contribution is -0.119. The van der Waals surface area contributed by atoms with Crippen LogP contribution in [0.2, 0.25) is 0 Å². The van der Waals surface area contributed by atoms with Crippen LogP contribution < -0.4 is 15.4 Å². The van der Waals surface area contributed by atoms with Crippen LogP contribution in [-0.4, -0.2) is 32.8 Å². The number of fused-ring (bicyclic) bond motifs is 2. The molecular formula is C22H25N5O3. The fourth-order valence-corrected chi connectivity index (χ4v) is 3.66. The molecule has 0 spiro atoms. The molecule has 4 rings (SSSR count). The van der Waals surface area contributed by atoms with Crippen molar-refractivity contribution in [3.05, 3.63) is 47.3 Å². The largest absolute Gasteiger partial charge is 0.437 e. The fourth-order valence-electron chi connectivity index (χ4n) is 3.66. The van der Waals surface area contributed by atoms with E-state index in [4.69, 9.17) is 4.74 Å². The highest BCUT2D eigenvalue weighted by Gasteiger charge is 2.24. The number of amides is 2. The topological polar surface area (TPSA) is 109 Å². The number of aromatic nitrogens is 3. The second kappa shape index (κ2) is 8.14. The Morgan fingerprint density at radius 1 is 1.37 bits per heavy atom. The summed E-state index contributed by atoms with van der Waals surface area (Å²) in [4.78, 5) is 35.8. The number of carbonyl (C=O) groups excluding carboxylic acids is 2. The summed E-state index contributed by atoms with van der Waals surface area (Å²) in [6.45, 7) is 5.49. The number of aryl methyl sites for hydroxylation is 1. The number of aromatic amines is 1. The molecule has 2 aromatic heterocycles. The minimum Gasteiger partial charge on any atom is -0.437 e. The fraction of sp³-hybridized carbons (Fsp3) is 0.364. The molecule has 0 unspecified atom stereocenters. The van der Waals surface area contributed by atoms with Gasteiger partial charge in [0.25, 0.3) is 5.91 Å². The third kappa shape index (κ3) is 3.98. The summed E-state index contributed by atoms with van der Waals surface area (Å²) in [5, 5.41) is 5.92. The molecule has 2 atom stereocenters. The van der Waals surface area contributed by atoms with Gasteiger partial charge in [0.1, 0.15) is 11.3 Å². The molecule has 0 saturated heterocycles. The minimum atomic E-state index is -0.197. The lowest BCUT2D eigenvalue weighted by Crippen LogP contribution is -2.31. The summed E-state index contributed by atoms with van der Waals surface area (Å²) < 4.78 is 5.94. The number of H-pyrrole nitrogens is 1. The molecule has 30 heavy (non-hydrogen) atoms. The minimum absolute atomic E-state index is 0.00450. The van der Waals surface area contributed by atoms with E-state index in [9.17, 15) is 9.59 Å². The maximum Gasteiger partial charge on any atom is 0.255 e. The van der Waals surface area contributed by atoms with Crippen LogP contribution in [0.25, 0.3) is 11.2 Å². The van der Waals surface area contributed by atoms with E-state index >= 15 is 0 Å². The van der Waals surface area contributed by atoms with Gasteiger partial charge in [-0.3, -0.25) is 9.59 Å². The van der Waals surface area contributed by atoms with Crippen LogP contribution in [0.15, 0.2) is 30.6 Å². The maximum absolute atomic E-state index is 12.5. The molecule has 2 heterocycles. The van der Waals surface area contributed by atoms with Crippen molar-refractivity contribution in [1.29, 1.82) is 0 Å². The van der Waals surface area contributed by atoms with Crippen LogP contribution in [0.4, 0.5) is 0 Å². The lowest BCUT2D eigenvalue weighted by atomic mass is 10.1. The van der Waals surface area contributed by atoms with Crippen molar-refractivity contribution in [2.24, 2.45) is 0 Å². The maximum atomic E-state index is 12.5. The Labute approximate surface area is 174 Å². The number of hydrogen-bond acceptors (Lipinski definition) is 5. The summed E-state index contributed by atoms with van der Waals surface area (Å²) in [6, 6.07) is 5.89. The number of hydrogen-bond donors (Lipinski definition) is 3. The molecule has 0 bridgehead atoms. The van der Waals surface area contributed by atoms with Crippen LogP contribution >= 0.6 is 0 Å². The zero-order valence-electron chi connectivity index (χ0n) is 17.3. The Hall–Kier alpha value is -3.42. The van der Waals surface area contributed by atoms with Crippen LogP contribution in [0.1, 0.15) is 61.1 Å². The predicted molar refractivity (Wildman–Crippen MR) is 113 cm³/mol. The Balaban J connectivity index is 1.58. The summed E-state index contributed by atoms with van der Waals surface area (Å²) in [5.41, 5.74) is 3.69. The standard InChI is InChI=1S/C22H25N5O3/c1-4-12(2)25-22(29)17-10-23-21-20(17)27-19(11-24-21)30-15-7-5-14-6-8-18(16(14)9-15)26-13(3)28/h5,7,9-12,18H,4,6,8H2,1-3H3,(H,23,24)(H,25,29)(H,26,28)/t12-,18+/m0/s1. The van der Waals surface area contributed by atoms with E-state index in [1.54, 1.807) is 6.20 Å². The molecule has 3 N–H and O–H groups in total. The van der Waals surface area contributed by atoms with Crippen molar-refractivity contribution < 1.29 is 14.3 Å². The summed E-state index contributed by atoms with van der Waals surface area (Å²) in [7, 11) is 0. The molecule has 0 aliphatic heterocycles. The van der Waals surface area contributed by atoms with Gasteiger partial charge in [0.05, 0.1) is 17.8 Å². The Morgan fingerprint density at radius 2 is 2.20 bits per heavy atom. The molecule has 156 valence electrons.